The Labute approximate surface area is 116 Å². The molecule has 7 heteroatoms. The van der Waals surface area contributed by atoms with Crippen molar-refractivity contribution in [2.75, 3.05) is 19.6 Å². The monoisotopic (exact) mass is 279 g/mol. The summed E-state index contributed by atoms with van der Waals surface area (Å²) in [5.41, 5.74) is 5.89. The Bertz CT molecular complexity index is 499. The summed E-state index contributed by atoms with van der Waals surface area (Å²) in [7, 11) is 0. The molecule has 108 valence electrons. The van der Waals surface area contributed by atoms with E-state index in [0.717, 1.165) is 0 Å². The SMILES string of the molecule is CCN(CCN)C(=O)C(=O)Cc1ccc([N+](=O)[O-])cc1. The van der Waals surface area contributed by atoms with E-state index in [1.165, 1.54) is 29.2 Å². The van der Waals surface area contributed by atoms with Gasteiger partial charge >= 0.3 is 0 Å². The van der Waals surface area contributed by atoms with E-state index in [9.17, 15) is 19.7 Å². The Kier molecular flexibility index (Phi) is 5.79. The molecule has 0 saturated heterocycles. The minimum absolute atomic E-state index is 0.0501. The van der Waals surface area contributed by atoms with Crippen LogP contribution in [0.5, 0.6) is 0 Å². The molecule has 0 saturated carbocycles. The summed E-state index contributed by atoms with van der Waals surface area (Å²) >= 11 is 0. The van der Waals surface area contributed by atoms with E-state index in [4.69, 9.17) is 5.73 Å². The fraction of sp³-hybridized carbons (Fsp3) is 0.385. The molecule has 0 spiro atoms. The number of nitro benzene ring substituents is 1. The third kappa shape index (κ3) is 4.13. The number of rotatable bonds is 7. The number of carbonyl (C=O) groups excluding carboxylic acids is 2. The normalized spacial score (nSPS) is 10.1. The minimum Gasteiger partial charge on any atom is -0.335 e. The number of Topliss-reactive ketones (excluding diaryl/α,β-unsaturated/α-hetero) is 1. The second kappa shape index (κ2) is 7.34. The Morgan fingerprint density at radius 1 is 1.30 bits per heavy atom. The van der Waals surface area contributed by atoms with Crippen LogP contribution in [-0.2, 0) is 16.0 Å². The molecule has 1 aromatic carbocycles. The molecule has 20 heavy (non-hydrogen) atoms. The summed E-state index contributed by atoms with van der Waals surface area (Å²) < 4.78 is 0. The van der Waals surface area contributed by atoms with Gasteiger partial charge in [-0.2, -0.15) is 0 Å². The van der Waals surface area contributed by atoms with Gasteiger partial charge in [-0.1, -0.05) is 12.1 Å². The van der Waals surface area contributed by atoms with Crippen molar-refractivity contribution in [1.82, 2.24) is 4.90 Å². The van der Waals surface area contributed by atoms with Crippen LogP contribution in [0.4, 0.5) is 5.69 Å². The Morgan fingerprint density at radius 3 is 2.35 bits per heavy atom. The van der Waals surface area contributed by atoms with Gasteiger partial charge in [-0.3, -0.25) is 19.7 Å². The van der Waals surface area contributed by atoms with Crippen LogP contribution in [-0.4, -0.2) is 41.1 Å². The van der Waals surface area contributed by atoms with Crippen molar-refractivity contribution in [3.63, 3.8) is 0 Å². The maximum absolute atomic E-state index is 11.9. The standard InChI is InChI=1S/C13H17N3O4/c1-2-15(8-7-14)13(18)12(17)9-10-3-5-11(6-4-10)16(19)20/h3-6H,2,7-9,14H2,1H3. The van der Waals surface area contributed by atoms with Crippen molar-refractivity contribution in [3.05, 3.63) is 39.9 Å². The zero-order valence-electron chi connectivity index (χ0n) is 11.2. The fourth-order valence-corrected chi connectivity index (χ4v) is 1.73. The third-order valence-corrected chi connectivity index (χ3v) is 2.82. The quantitative estimate of drug-likeness (QED) is 0.444. The number of ketones is 1. The van der Waals surface area contributed by atoms with Crippen LogP contribution in [0.2, 0.25) is 0 Å². The fourth-order valence-electron chi connectivity index (χ4n) is 1.73. The number of non-ortho nitro benzene ring substituents is 1. The van der Waals surface area contributed by atoms with E-state index < -0.39 is 16.6 Å². The van der Waals surface area contributed by atoms with Crippen LogP contribution < -0.4 is 5.73 Å². The maximum atomic E-state index is 11.9. The van der Waals surface area contributed by atoms with Crippen LogP contribution >= 0.6 is 0 Å². The highest BCUT2D eigenvalue weighted by Crippen LogP contribution is 2.12. The minimum atomic E-state index is -0.573. The molecule has 0 aliphatic heterocycles. The molecule has 0 fully saturated rings. The highest BCUT2D eigenvalue weighted by atomic mass is 16.6. The molecule has 7 nitrogen and oxygen atoms in total. The summed E-state index contributed by atoms with van der Waals surface area (Å²) in [4.78, 5) is 35.1. The van der Waals surface area contributed by atoms with Crippen LogP contribution in [0.3, 0.4) is 0 Å². The predicted molar refractivity (Wildman–Crippen MR) is 73.1 cm³/mol. The molecule has 1 rings (SSSR count). The number of nitrogens with two attached hydrogens (primary N) is 1. The number of carbonyl (C=O) groups is 2. The summed E-state index contributed by atoms with van der Waals surface area (Å²) in [6.07, 6.45) is -0.0715. The molecule has 0 aliphatic rings. The second-order valence-corrected chi connectivity index (χ2v) is 4.20. The van der Waals surface area contributed by atoms with E-state index in [1.807, 2.05) is 0 Å². The van der Waals surface area contributed by atoms with E-state index in [1.54, 1.807) is 6.92 Å². The molecule has 0 heterocycles. The van der Waals surface area contributed by atoms with Gasteiger partial charge in [-0.25, -0.2) is 0 Å². The van der Waals surface area contributed by atoms with Crippen LogP contribution in [0.1, 0.15) is 12.5 Å². The zero-order chi connectivity index (χ0) is 15.1. The average molecular weight is 279 g/mol. The Balaban J connectivity index is 2.70. The number of benzene rings is 1. The molecule has 0 unspecified atom stereocenters. The number of nitro groups is 1. The maximum Gasteiger partial charge on any atom is 0.290 e. The first-order valence-corrected chi connectivity index (χ1v) is 6.25. The van der Waals surface area contributed by atoms with Gasteiger partial charge in [-0.05, 0) is 12.5 Å². The highest BCUT2D eigenvalue weighted by Gasteiger charge is 2.20. The van der Waals surface area contributed by atoms with Gasteiger partial charge in [0.25, 0.3) is 11.6 Å². The topological polar surface area (TPSA) is 107 Å². The lowest BCUT2D eigenvalue weighted by Crippen LogP contribution is -2.40. The molecule has 0 atom stereocenters. The largest absolute Gasteiger partial charge is 0.335 e. The van der Waals surface area contributed by atoms with E-state index in [2.05, 4.69) is 0 Å². The molecular formula is C13H17N3O4. The number of likely N-dealkylation sites (N-methyl/N-ethyl adjacent to an activating group) is 1. The van der Waals surface area contributed by atoms with Crippen LogP contribution in [0.15, 0.2) is 24.3 Å². The van der Waals surface area contributed by atoms with Crippen molar-refractivity contribution < 1.29 is 14.5 Å². The van der Waals surface area contributed by atoms with E-state index >= 15 is 0 Å². The summed E-state index contributed by atoms with van der Waals surface area (Å²) in [5.74, 6) is -1.12. The first-order valence-electron chi connectivity index (χ1n) is 6.25. The lowest BCUT2D eigenvalue weighted by Gasteiger charge is -2.18. The van der Waals surface area contributed by atoms with Gasteiger partial charge in [0.15, 0.2) is 0 Å². The average Bonchev–Trinajstić information content (AvgIpc) is 2.44. The van der Waals surface area contributed by atoms with Crippen molar-refractivity contribution in [3.8, 4) is 0 Å². The summed E-state index contributed by atoms with van der Waals surface area (Å²) in [6.45, 7) is 2.82. The van der Waals surface area contributed by atoms with Crippen molar-refractivity contribution >= 4 is 17.4 Å². The number of hydrogen-bond donors (Lipinski definition) is 1. The smallest absolute Gasteiger partial charge is 0.290 e. The molecule has 0 bridgehead atoms. The number of hydrogen-bond acceptors (Lipinski definition) is 5. The van der Waals surface area contributed by atoms with Crippen LogP contribution in [0.25, 0.3) is 0 Å². The van der Waals surface area contributed by atoms with Crippen molar-refractivity contribution in [2.24, 2.45) is 5.73 Å². The number of nitrogens with zero attached hydrogens (tertiary/aromatic N) is 2. The van der Waals surface area contributed by atoms with Gasteiger partial charge < -0.3 is 10.6 Å². The Hall–Kier alpha value is -2.28. The van der Waals surface area contributed by atoms with Gasteiger partial charge in [0, 0.05) is 38.2 Å². The van der Waals surface area contributed by atoms with Gasteiger partial charge in [-0.15, -0.1) is 0 Å². The third-order valence-electron chi connectivity index (χ3n) is 2.82. The highest BCUT2D eigenvalue weighted by molar-refractivity contribution is 6.36. The lowest BCUT2D eigenvalue weighted by atomic mass is 10.1. The van der Waals surface area contributed by atoms with Gasteiger partial charge in [0.2, 0.25) is 5.78 Å². The summed E-state index contributed by atoms with van der Waals surface area (Å²) in [6, 6.07) is 5.57. The van der Waals surface area contributed by atoms with E-state index in [-0.39, 0.29) is 12.1 Å². The van der Waals surface area contributed by atoms with E-state index in [0.29, 0.717) is 25.2 Å². The molecule has 0 radical (unpaired) electrons. The molecule has 0 aromatic heterocycles. The lowest BCUT2D eigenvalue weighted by molar-refractivity contribution is -0.384. The molecule has 0 aliphatic carbocycles. The number of amides is 1. The Morgan fingerprint density at radius 2 is 1.90 bits per heavy atom. The molecule has 1 aromatic rings. The second-order valence-electron chi connectivity index (χ2n) is 4.20. The van der Waals surface area contributed by atoms with Crippen LogP contribution in [0, 0.1) is 10.1 Å². The van der Waals surface area contributed by atoms with Crippen molar-refractivity contribution in [1.29, 1.82) is 0 Å². The predicted octanol–water partition coefficient (Wildman–Crippen LogP) is 0.514. The van der Waals surface area contributed by atoms with Gasteiger partial charge in [0.1, 0.15) is 0 Å². The zero-order valence-corrected chi connectivity index (χ0v) is 11.2. The first kappa shape index (κ1) is 15.8. The molecular weight excluding hydrogens is 262 g/mol. The summed E-state index contributed by atoms with van der Waals surface area (Å²) in [5, 5.41) is 10.5. The first-order chi connectivity index (χ1) is 9.49. The molecule has 1 amide bonds. The molecule has 2 N–H and O–H groups in total. The van der Waals surface area contributed by atoms with Gasteiger partial charge in [0.05, 0.1) is 4.92 Å². The van der Waals surface area contributed by atoms with Crippen molar-refractivity contribution in [2.45, 2.75) is 13.3 Å².